The SMILES string of the molecule is CCOc1ccccc1NC(=O)[C@H]([NH2+]CCc1ccc(OC)cc1)c1ccccc1. The molecule has 5 heteroatoms. The van der Waals surface area contributed by atoms with Crippen LogP contribution in [0.3, 0.4) is 0 Å². The van der Waals surface area contributed by atoms with E-state index in [-0.39, 0.29) is 11.9 Å². The largest absolute Gasteiger partial charge is 0.497 e. The molecule has 0 aromatic heterocycles. The molecule has 0 bridgehead atoms. The van der Waals surface area contributed by atoms with Gasteiger partial charge in [-0.3, -0.25) is 4.79 Å². The van der Waals surface area contributed by atoms with Crippen molar-refractivity contribution in [1.82, 2.24) is 0 Å². The van der Waals surface area contributed by atoms with Crippen LogP contribution in [0, 0.1) is 0 Å². The summed E-state index contributed by atoms with van der Waals surface area (Å²) in [6.45, 7) is 3.26. The van der Waals surface area contributed by atoms with E-state index in [2.05, 4.69) is 22.8 Å². The Balaban J connectivity index is 1.70. The van der Waals surface area contributed by atoms with Crippen LogP contribution in [0.5, 0.6) is 11.5 Å². The summed E-state index contributed by atoms with van der Waals surface area (Å²) in [7, 11) is 1.66. The number of quaternary nitrogens is 1. The van der Waals surface area contributed by atoms with E-state index in [4.69, 9.17) is 9.47 Å². The standard InChI is InChI=1S/C25H28N2O3/c1-3-30-23-12-8-7-11-22(23)27-25(28)24(20-9-5-4-6-10-20)26-18-17-19-13-15-21(29-2)16-14-19/h4-16,24,26H,3,17-18H2,1-2H3,(H,27,28)/p+1/t24-/m1/s1. The molecule has 0 radical (unpaired) electrons. The molecule has 0 unspecified atom stereocenters. The number of hydrogen-bond acceptors (Lipinski definition) is 3. The fraction of sp³-hybridized carbons (Fsp3) is 0.240. The lowest BCUT2D eigenvalue weighted by atomic mass is 10.1. The Labute approximate surface area is 178 Å². The molecule has 0 aliphatic carbocycles. The van der Waals surface area contributed by atoms with Crippen LogP contribution in [-0.4, -0.2) is 26.2 Å². The third-order valence-electron chi connectivity index (χ3n) is 4.88. The van der Waals surface area contributed by atoms with Crippen molar-refractivity contribution in [2.24, 2.45) is 0 Å². The number of para-hydroxylation sites is 2. The first-order chi connectivity index (χ1) is 14.7. The van der Waals surface area contributed by atoms with Gasteiger partial charge in [0.1, 0.15) is 11.5 Å². The van der Waals surface area contributed by atoms with Gasteiger partial charge in [0.15, 0.2) is 6.04 Å². The van der Waals surface area contributed by atoms with E-state index in [1.54, 1.807) is 7.11 Å². The van der Waals surface area contributed by atoms with Crippen LogP contribution in [-0.2, 0) is 11.2 Å². The number of methoxy groups -OCH3 is 1. The summed E-state index contributed by atoms with van der Waals surface area (Å²) in [5.41, 5.74) is 2.87. The highest BCUT2D eigenvalue weighted by Gasteiger charge is 2.24. The predicted molar refractivity (Wildman–Crippen MR) is 119 cm³/mol. The second-order valence-electron chi connectivity index (χ2n) is 6.93. The second-order valence-corrected chi connectivity index (χ2v) is 6.93. The van der Waals surface area contributed by atoms with Gasteiger partial charge in [-0.25, -0.2) is 0 Å². The average Bonchev–Trinajstić information content (AvgIpc) is 2.79. The molecule has 1 amide bonds. The number of nitrogens with two attached hydrogens (primary N) is 1. The summed E-state index contributed by atoms with van der Waals surface area (Å²) >= 11 is 0. The van der Waals surface area contributed by atoms with Gasteiger partial charge in [-0.15, -0.1) is 0 Å². The first-order valence-corrected chi connectivity index (χ1v) is 10.2. The van der Waals surface area contributed by atoms with E-state index >= 15 is 0 Å². The molecule has 5 nitrogen and oxygen atoms in total. The Morgan fingerprint density at radius 1 is 0.967 bits per heavy atom. The Bertz CT molecular complexity index is 927. The van der Waals surface area contributed by atoms with E-state index in [0.717, 1.165) is 24.3 Å². The van der Waals surface area contributed by atoms with Crippen LogP contribution in [0.15, 0.2) is 78.9 Å². The smallest absolute Gasteiger partial charge is 0.287 e. The Hall–Kier alpha value is -3.31. The second kappa shape index (κ2) is 11.0. The fourth-order valence-electron chi connectivity index (χ4n) is 3.33. The molecule has 3 aromatic carbocycles. The van der Waals surface area contributed by atoms with Gasteiger partial charge in [0, 0.05) is 12.0 Å². The van der Waals surface area contributed by atoms with E-state index in [1.807, 2.05) is 73.7 Å². The van der Waals surface area contributed by atoms with Crippen molar-refractivity contribution in [3.05, 3.63) is 90.0 Å². The van der Waals surface area contributed by atoms with Crippen LogP contribution >= 0.6 is 0 Å². The zero-order chi connectivity index (χ0) is 21.2. The summed E-state index contributed by atoms with van der Waals surface area (Å²) in [6.07, 6.45) is 0.857. The van der Waals surface area contributed by atoms with Crippen LogP contribution in [0.25, 0.3) is 0 Å². The van der Waals surface area contributed by atoms with Crippen molar-refractivity contribution >= 4 is 11.6 Å². The van der Waals surface area contributed by atoms with Gasteiger partial charge >= 0.3 is 0 Å². The van der Waals surface area contributed by atoms with Crippen LogP contribution in [0.2, 0.25) is 0 Å². The molecule has 0 aliphatic heterocycles. The van der Waals surface area contributed by atoms with Gasteiger partial charge in [0.2, 0.25) is 0 Å². The topological polar surface area (TPSA) is 64.2 Å². The zero-order valence-electron chi connectivity index (χ0n) is 17.5. The van der Waals surface area contributed by atoms with E-state index < -0.39 is 0 Å². The normalized spacial score (nSPS) is 11.5. The third-order valence-corrected chi connectivity index (χ3v) is 4.88. The Morgan fingerprint density at radius 3 is 2.37 bits per heavy atom. The highest BCUT2D eigenvalue weighted by Crippen LogP contribution is 2.24. The molecule has 0 saturated carbocycles. The van der Waals surface area contributed by atoms with Gasteiger partial charge in [0.25, 0.3) is 5.91 Å². The first-order valence-electron chi connectivity index (χ1n) is 10.2. The average molecular weight is 406 g/mol. The van der Waals surface area contributed by atoms with Crippen molar-refractivity contribution in [2.45, 2.75) is 19.4 Å². The van der Waals surface area contributed by atoms with Crippen LogP contribution < -0.4 is 20.1 Å². The molecule has 3 aromatic rings. The number of anilines is 1. The lowest BCUT2D eigenvalue weighted by molar-refractivity contribution is -0.682. The lowest BCUT2D eigenvalue weighted by Gasteiger charge is -2.17. The van der Waals surface area contributed by atoms with Crippen molar-refractivity contribution in [3.63, 3.8) is 0 Å². The Morgan fingerprint density at radius 2 is 1.67 bits per heavy atom. The number of carbonyl (C=O) groups excluding carboxylic acids is 1. The molecule has 0 fully saturated rings. The third kappa shape index (κ3) is 5.84. The van der Waals surface area contributed by atoms with Crippen molar-refractivity contribution in [3.8, 4) is 11.5 Å². The fourth-order valence-corrected chi connectivity index (χ4v) is 3.33. The van der Waals surface area contributed by atoms with Gasteiger partial charge < -0.3 is 20.1 Å². The highest BCUT2D eigenvalue weighted by molar-refractivity contribution is 5.95. The van der Waals surface area contributed by atoms with E-state index in [0.29, 0.717) is 18.0 Å². The molecule has 0 heterocycles. The molecule has 1 atom stereocenters. The number of rotatable bonds is 10. The minimum atomic E-state index is -0.348. The predicted octanol–water partition coefficient (Wildman–Crippen LogP) is 3.58. The maximum Gasteiger partial charge on any atom is 0.287 e. The minimum Gasteiger partial charge on any atom is -0.497 e. The van der Waals surface area contributed by atoms with Crippen LogP contribution in [0.4, 0.5) is 5.69 Å². The number of amides is 1. The van der Waals surface area contributed by atoms with Gasteiger partial charge in [-0.05, 0) is 36.8 Å². The molecule has 3 rings (SSSR count). The number of benzene rings is 3. The summed E-state index contributed by atoms with van der Waals surface area (Å²) in [5.74, 6) is 1.46. The molecular formula is C25H29N2O3+. The summed E-state index contributed by atoms with van der Waals surface area (Å²) in [5, 5.41) is 5.13. The first kappa shape index (κ1) is 21.4. The number of hydrogen-bond donors (Lipinski definition) is 2. The molecule has 30 heavy (non-hydrogen) atoms. The molecule has 0 aliphatic rings. The zero-order valence-corrected chi connectivity index (χ0v) is 17.5. The molecule has 156 valence electrons. The van der Waals surface area contributed by atoms with E-state index in [9.17, 15) is 4.79 Å². The quantitative estimate of drug-likeness (QED) is 0.542. The lowest BCUT2D eigenvalue weighted by Crippen LogP contribution is -2.87. The molecule has 0 saturated heterocycles. The molecular weight excluding hydrogens is 376 g/mol. The summed E-state index contributed by atoms with van der Waals surface area (Å²) < 4.78 is 10.9. The number of nitrogens with one attached hydrogen (secondary N) is 1. The Kier molecular flexibility index (Phi) is 7.86. The van der Waals surface area contributed by atoms with Crippen LogP contribution in [0.1, 0.15) is 24.1 Å². The maximum absolute atomic E-state index is 13.2. The highest BCUT2D eigenvalue weighted by atomic mass is 16.5. The van der Waals surface area contributed by atoms with Crippen molar-refractivity contribution in [1.29, 1.82) is 0 Å². The van der Waals surface area contributed by atoms with E-state index in [1.165, 1.54) is 5.56 Å². The molecule has 3 N–H and O–H groups in total. The van der Waals surface area contributed by atoms with Crippen molar-refractivity contribution < 1.29 is 19.6 Å². The van der Waals surface area contributed by atoms with Gasteiger partial charge in [0.05, 0.1) is 25.9 Å². The van der Waals surface area contributed by atoms with Gasteiger partial charge in [-0.2, -0.15) is 0 Å². The number of carbonyl (C=O) groups is 1. The molecule has 0 spiro atoms. The monoisotopic (exact) mass is 405 g/mol. The summed E-state index contributed by atoms with van der Waals surface area (Å²) in [6, 6.07) is 25.1. The maximum atomic E-state index is 13.2. The number of ether oxygens (including phenoxy) is 2. The van der Waals surface area contributed by atoms with Crippen molar-refractivity contribution in [2.75, 3.05) is 25.6 Å². The summed E-state index contributed by atoms with van der Waals surface area (Å²) in [4.78, 5) is 13.2. The minimum absolute atomic E-state index is 0.0666. The van der Waals surface area contributed by atoms with Gasteiger partial charge in [-0.1, -0.05) is 54.6 Å².